The fraction of sp³-hybridized carbons (Fsp3) is 0.160. The average molecular weight is 436 g/mol. The highest BCUT2D eigenvalue weighted by molar-refractivity contribution is 5.75. The predicted molar refractivity (Wildman–Crippen MR) is 124 cm³/mol. The minimum Gasteiger partial charge on any atom is -0.378 e. The van der Waals surface area contributed by atoms with Crippen molar-refractivity contribution in [2.75, 3.05) is 10.6 Å². The number of nitro groups is 1. The average Bonchev–Trinajstić information content (AvgIpc) is 2.83. The first kappa shape index (κ1) is 22.8. The molecule has 3 rings (SSSR count). The number of nitrogens with one attached hydrogen (secondary N) is 2. The van der Waals surface area contributed by atoms with E-state index >= 15 is 0 Å². The van der Waals surface area contributed by atoms with E-state index in [1.807, 2.05) is 32.0 Å². The van der Waals surface area contributed by atoms with E-state index in [0.717, 1.165) is 11.1 Å². The second-order valence-corrected chi connectivity index (χ2v) is 7.49. The first-order valence-corrected chi connectivity index (χ1v) is 10.1. The molecule has 2 unspecified atom stereocenters. The fourth-order valence-electron chi connectivity index (χ4n) is 3.45. The lowest BCUT2D eigenvalue weighted by Crippen LogP contribution is -2.11. The third-order valence-corrected chi connectivity index (χ3v) is 5.25. The largest absolute Gasteiger partial charge is 0.378 e. The molecule has 0 saturated carbocycles. The lowest BCUT2D eigenvalue weighted by molar-refractivity contribution is -0.384. The summed E-state index contributed by atoms with van der Waals surface area (Å²) < 4.78 is 0. The molecular formula is C25H20N6O2. The van der Waals surface area contributed by atoms with Crippen LogP contribution in [0.3, 0.4) is 0 Å². The fourth-order valence-corrected chi connectivity index (χ4v) is 3.45. The second kappa shape index (κ2) is 9.96. The number of benzene rings is 3. The molecular weight excluding hydrogens is 416 g/mol. The second-order valence-electron chi connectivity index (χ2n) is 7.49. The number of rotatable bonds is 7. The Morgan fingerprint density at radius 1 is 0.788 bits per heavy atom. The molecule has 3 aromatic rings. The first-order valence-electron chi connectivity index (χ1n) is 10.1. The van der Waals surface area contributed by atoms with Crippen LogP contribution in [0.2, 0.25) is 0 Å². The summed E-state index contributed by atoms with van der Waals surface area (Å²) in [7, 11) is 0. The van der Waals surface area contributed by atoms with Crippen LogP contribution in [0.15, 0.2) is 60.7 Å². The van der Waals surface area contributed by atoms with Crippen molar-refractivity contribution in [3.8, 4) is 18.2 Å². The van der Waals surface area contributed by atoms with Crippen LogP contribution in [0, 0.1) is 44.1 Å². The zero-order chi connectivity index (χ0) is 24.0. The summed E-state index contributed by atoms with van der Waals surface area (Å²) in [6.45, 7) is 3.76. The molecule has 0 radical (unpaired) electrons. The lowest BCUT2D eigenvalue weighted by atomic mass is 10.0. The van der Waals surface area contributed by atoms with Crippen LogP contribution in [0.25, 0.3) is 0 Å². The summed E-state index contributed by atoms with van der Waals surface area (Å²) in [5.41, 5.74) is 3.23. The highest BCUT2D eigenvalue weighted by Gasteiger charge is 2.23. The zero-order valence-electron chi connectivity index (χ0n) is 18.0. The Morgan fingerprint density at radius 3 is 1.70 bits per heavy atom. The molecule has 2 atom stereocenters. The van der Waals surface area contributed by atoms with Gasteiger partial charge >= 0.3 is 5.69 Å². The zero-order valence-corrected chi connectivity index (χ0v) is 18.0. The standard InChI is InChI=1S/C25H20N6O2/c1-16(20-7-3-18(13-26)4-8-20)29-23-11-22(15-28)25(31(32)33)24(12-23)30-17(2)21-9-5-19(14-27)6-10-21/h3-12,16-17,29-30H,1-2H3. The van der Waals surface area contributed by atoms with Crippen molar-refractivity contribution in [3.05, 3.63) is 98.6 Å². The van der Waals surface area contributed by atoms with E-state index in [-0.39, 0.29) is 29.0 Å². The normalized spacial score (nSPS) is 11.8. The van der Waals surface area contributed by atoms with Gasteiger partial charge in [0.15, 0.2) is 0 Å². The Hall–Kier alpha value is -4.87. The van der Waals surface area contributed by atoms with E-state index < -0.39 is 4.92 Å². The van der Waals surface area contributed by atoms with Gasteiger partial charge in [-0.3, -0.25) is 10.1 Å². The van der Waals surface area contributed by atoms with Gasteiger partial charge in [0, 0.05) is 17.8 Å². The Kier molecular flexibility index (Phi) is 6.88. The molecule has 0 aliphatic rings. The molecule has 0 spiro atoms. The van der Waals surface area contributed by atoms with E-state index in [0.29, 0.717) is 16.8 Å². The Labute approximate surface area is 191 Å². The lowest BCUT2D eigenvalue weighted by Gasteiger charge is -2.20. The monoisotopic (exact) mass is 436 g/mol. The van der Waals surface area contributed by atoms with Crippen molar-refractivity contribution >= 4 is 17.1 Å². The SMILES string of the molecule is CC(Nc1cc(C#N)c([N+](=O)[O-])c(NC(C)c2ccc(C#N)cc2)c1)c1ccc(C#N)cc1. The van der Waals surface area contributed by atoms with Gasteiger partial charge in [-0.15, -0.1) is 0 Å². The van der Waals surface area contributed by atoms with Gasteiger partial charge in [-0.25, -0.2) is 0 Å². The molecule has 0 aliphatic heterocycles. The van der Waals surface area contributed by atoms with Gasteiger partial charge in [-0.1, -0.05) is 24.3 Å². The van der Waals surface area contributed by atoms with Crippen molar-refractivity contribution < 1.29 is 4.92 Å². The summed E-state index contributed by atoms with van der Waals surface area (Å²) in [5.74, 6) is 0. The molecule has 0 bridgehead atoms. The number of nitrogens with zero attached hydrogens (tertiary/aromatic N) is 4. The van der Waals surface area contributed by atoms with Crippen LogP contribution in [0.5, 0.6) is 0 Å². The molecule has 33 heavy (non-hydrogen) atoms. The Morgan fingerprint density at radius 2 is 1.27 bits per heavy atom. The van der Waals surface area contributed by atoms with Crippen LogP contribution in [-0.4, -0.2) is 4.92 Å². The van der Waals surface area contributed by atoms with Gasteiger partial charge in [0.05, 0.1) is 28.2 Å². The van der Waals surface area contributed by atoms with Crippen molar-refractivity contribution in [3.63, 3.8) is 0 Å². The van der Waals surface area contributed by atoms with Crippen molar-refractivity contribution in [2.24, 2.45) is 0 Å². The van der Waals surface area contributed by atoms with Gasteiger partial charge in [-0.2, -0.15) is 15.8 Å². The molecule has 3 aromatic carbocycles. The van der Waals surface area contributed by atoms with E-state index in [4.69, 9.17) is 10.5 Å². The van der Waals surface area contributed by atoms with Crippen molar-refractivity contribution in [2.45, 2.75) is 25.9 Å². The molecule has 0 amide bonds. The minimum atomic E-state index is -0.569. The van der Waals surface area contributed by atoms with E-state index in [1.54, 1.807) is 42.5 Å². The van der Waals surface area contributed by atoms with E-state index in [2.05, 4.69) is 22.8 Å². The quantitative estimate of drug-likeness (QED) is 0.365. The van der Waals surface area contributed by atoms with Gasteiger partial charge in [0.2, 0.25) is 0 Å². The topological polar surface area (TPSA) is 139 Å². The van der Waals surface area contributed by atoms with Crippen LogP contribution in [0.4, 0.5) is 17.1 Å². The maximum absolute atomic E-state index is 11.8. The van der Waals surface area contributed by atoms with Crippen LogP contribution < -0.4 is 10.6 Å². The molecule has 8 nitrogen and oxygen atoms in total. The molecule has 0 saturated heterocycles. The molecule has 0 heterocycles. The molecule has 8 heteroatoms. The van der Waals surface area contributed by atoms with Gasteiger partial charge < -0.3 is 10.6 Å². The Balaban J connectivity index is 1.93. The third kappa shape index (κ3) is 5.25. The summed E-state index contributed by atoms with van der Waals surface area (Å²) in [6, 6.07) is 22.7. The first-order chi connectivity index (χ1) is 15.9. The van der Waals surface area contributed by atoms with Crippen molar-refractivity contribution in [1.29, 1.82) is 15.8 Å². The van der Waals surface area contributed by atoms with E-state index in [1.165, 1.54) is 6.07 Å². The third-order valence-electron chi connectivity index (χ3n) is 5.25. The van der Waals surface area contributed by atoms with Crippen LogP contribution >= 0.6 is 0 Å². The number of hydrogen-bond donors (Lipinski definition) is 2. The highest BCUT2D eigenvalue weighted by atomic mass is 16.6. The van der Waals surface area contributed by atoms with Gasteiger partial charge in [0.1, 0.15) is 17.3 Å². The molecule has 0 fully saturated rings. The molecule has 0 aliphatic carbocycles. The summed E-state index contributed by atoms with van der Waals surface area (Å²) in [6.07, 6.45) is 0. The predicted octanol–water partition coefficient (Wildman–Crippen LogP) is 5.56. The van der Waals surface area contributed by atoms with Gasteiger partial charge in [-0.05, 0) is 61.4 Å². The van der Waals surface area contributed by atoms with E-state index in [9.17, 15) is 15.4 Å². The number of nitro benzene ring substituents is 1. The van der Waals surface area contributed by atoms with Crippen LogP contribution in [-0.2, 0) is 0 Å². The summed E-state index contributed by atoms with van der Waals surface area (Å²) in [4.78, 5) is 11.2. The van der Waals surface area contributed by atoms with Gasteiger partial charge in [0.25, 0.3) is 0 Å². The number of nitriles is 3. The summed E-state index contributed by atoms with van der Waals surface area (Å²) >= 11 is 0. The molecule has 0 aromatic heterocycles. The molecule has 162 valence electrons. The highest BCUT2D eigenvalue weighted by Crippen LogP contribution is 2.35. The smallest absolute Gasteiger partial charge is 0.310 e. The number of hydrogen-bond acceptors (Lipinski definition) is 7. The Bertz CT molecular complexity index is 1300. The maximum Gasteiger partial charge on any atom is 0.310 e. The molecule has 2 N–H and O–H groups in total. The number of anilines is 2. The summed E-state index contributed by atoms with van der Waals surface area (Å²) in [5, 5.41) is 45.7. The van der Waals surface area contributed by atoms with Crippen molar-refractivity contribution in [1.82, 2.24) is 0 Å². The maximum atomic E-state index is 11.8. The van der Waals surface area contributed by atoms with Crippen LogP contribution in [0.1, 0.15) is 53.7 Å². The minimum absolute atomic E-state index is 0.0634.